The minimum atomic E-state index is -2.63. The monoisotopic (exact) mass is 136 g/mol. The molecule has 1 atom stereocenters. The van der Waals surface area contributed by atoms with Crippen molar-refractivity contribution in [1.29, 1.82) is 0 Å². The molecule has 0 aliphatic carbocycles. The second-order valence-corrected chi connectivity index (χ2v) is 2.62. The lowest BCUT2D eigenvalue weighted by molar-refractivity contribution is -0.186. The largest absolute Gasteiger partial charge is 0.566 e. The van der Waals surface area contributed by atoms with E-state index >= 15 is 0 Å². The molecule has 8 heavy (non-hydrogen) atoms. The fourth-order valence-electron chi connectivity index (χ4n) is 0.210. The van der Waals surface area contributed by atoms with Gasteiger partial charge >= 0.3 is 8.25 Å². The van der Waals surface area contributed by atoms with Gasteiger partial charge in [0.15, 0.2) is 0 Å². The van der Waals surface area contributed by atoms with Crippen LogP contribution in [0.1, 0.15) is 13.8 Å². The van der Waals surface area contributed by atoms with Gasteiger partial charge in [-0.1, -0.05) is 13.8 Å². The van der Waals surface area contributed by atoms with Crippen LogP contribution >= 0.6 is 8.25 Å². The highest BCUT2D eigenvalue weighted by Crippen LogP contribution is 2.10. The third kappa shape index (κ3) is 6.02. The summed E-state index contributed by atoms with van der Waals surface area (Å²) >= 11 is 0. The van der Waals surface area contributed by atoms with E-state index in [9.17, 15) is 9.46 Å². The first-order chi connectivity index (χ1) is 3.63. The van der Waals surface area contributed by atoms with Gasteiger partial charge in [-0.15, -0.1) is 4.52 Å². The number of hydrogen-bond acceptors (Lipinski definition) is 3. The van der Waals surface area contributed by atoms with Gasteiger partial charge in [0.25, 0.3) is 0 Å². The third-order valence-corrected chi connectivity index (χ3v) is 0.873. The topological polar surface area (TPSA) is 49.4 Å². The lowest BCUT2D eigenvalue weighted by Gasteiger charge is -1.95. The Bertz CT molecular complexity index is 81.4. The van der Waals surface area contributed by atoms with Gasteiger partial charge in [-0.3, -0.25) is 0 Å². The van der Waals surface area contributed by atoms with Crippen LogP contribution in [0, 0.1) is 5.92 Å². The Hall–Kier alpha value is 0.0200. The van der Waals surface area contributed by atoms with Crippen LogP contribution < -0.4 is 4.89 Å². The van der Waals surface area contributed by atoms with Crippen molar-refractivity contribution in [2.45, 2.75) is 13.8 Å². The molecule has 1 unspecified atom stereocenters. The maximum atomic E-state index is 9.72. The average Bonchev–Trinajstić information content (AvgIpc) is 1.61. The Morgan fingerprint density at radius 2 is 2.25 bits per heavy atom. The van der Waals surface area contributed by atoms with Crippen molar-refractivity contribution < 1.29 is 14.0 Å². The molecule has 0 fully saturated rings. The summed E-state index contributed by atoms with van der Waals surface area (Å²) in [6, 6.07) is 0. The van der Waals surface area contributed by atoms with Crippen molar-refractivity contribution >= 4 is 8.25 Å². The highest BCUT2D eigenvalue weighted by Gasteiger charge is 2.01. The minimum Gasteiger partial charge on any atom is -0.566 e. The summed E-state index contributed by atoms with van der Waals surface area (Å²) in [5.74, 6) is 0.280. The van der Waals surface area contributed by atoms with Crippen molar-refractivity contribution in [3.05, 3.63) is 0 Å². The zero-order valence-electron chi connectivity index (χ0n) is 4.96. The third-order valence-electron chi connectivity index (χ3n) is 0.513. The Morgan fingerprint density at radius 3 is 2.38 bits per heavy atom. The minimum absolute atomic E-state index is 0.280. The molecule has 0 aromatic rings. The summed E-state index contributed by atoms with van der Waals surface area (Å²) in [6.07, 6.45) is 0. The summed E-state index contributed by atoms with van der Waals surface area (Å²) in [5.41, 5.74) is 0. The molecule has 0 amide bonds. The van der Waals surface area contributed by atoms with E-state index in [1.54, 1.807) is 0 Å². The van der Waals surface area contributed by atoms with Crippen molar-refractivity contribution in [3.63, 3.8) is 0 Å². The highest BCUT2D eigenvalue weighted by atomic mass is 31.1. The van der Waals surface area contributed by atoms with Gasteiger partial charge in [0.2, 0.25) is 0 Å². The molecule has 0 bridgehead atoms. The van der Waals surface area contributed by atoms with Gasteiger partial charge in [-0.2, -0.15) is 0 Å². The average molecular weight is 136 g/mol. The quantitative estimate of drug-likeness (QED) is 0.536. The molecule has 0 aromatic heterocycles. The lowest BCUT2D eigenvalue weighted by Crippen LogP contribution is -1.99. The molecule has 0 saturated carbocycles. The van der Waals surface area contributed by atoms with E-state index in [0.717, 1.165) is 0 Å². The van der Waals surface area contributed by atoms with Crippen molar-refractivity contribution in [3.8, 4) is 0 Å². The molecule has 0 aromatic carbocycles. The van der Waals surface area contributed by atoms with Crippen molar-refractivity contribution in [1.82, 2.24) is 0 Å². The zero-order valence-corrected chi connectivity index (χ0v) is 5.85. The maximum Gasteiger partial charge on any atom is 0.488 e. The molecule has 0 N–H and O–H groups in total. The van der Waals surface area contributed by atoms with Crippen LogP contribution in [0.5, 0.6) is 0 Å². The predicted octanol–water partition coefficient (Wildman–Crippen LogP) is 0.677. The first kappa shape index (κ1) is 8.02. The molecular formula is C4H9O3P. The van der Waals surface area contributed by atoms with Crippen LogP contribution in [0.4, 0.5) is 0 Å². The van der Waals surface area contributed by atoms with Crippen molar-refractivity contribution in [2.24, 2.45) is 5.92 Å². The van der Waals surface area contributed by atoms with Crippen LogP contribution in [0.2, 0.25) is 0 Å². The van der Waals surface area contributed by atoms with Gasteiger partial charge in [0.05, 0.1) is 0 Å². The first-order valence-electron chi connectivity index (χ1n) is 2.40. The molecule has 0 spiro atoms. The van der Waals surface area contributed by atoms with Crippen LogP contribution in [-0.4, -0.2) is 6.61 Å². The summed E-state index contributed by atoms with van der Waals surface area (Å²) < 4.78 is 14.0. The molecule has 0 aliphatic rings. The van der Waals surface area contributed by atoms with Crippen LogP contribution in [-0.2, 0) is 9.09 Å². The highest BCUT2D eigenvalue weighted by molar-refractivity contribution is 7.30. The fraction of sp³-hybridized carbons (Fsp3) is 1.00. The van der Waals surface area contributed by atoms with Gasteiger partial charge < -0.3 is 4.89 Å². The summed E-state index contributed by atoms with van der Waals surface area (Å²) in [4.78, 5) is 9.72. The van der Waals surface area contributed by atoms with Gasteiger partial charge in [-0.05, 0) is 10.5 Å². The molecule has 0 saturated heterocycles. The van der Waals surface area contributed by atoms with E-state index in [4.69, 9.17) is 0 Å². The van der Waals surface area contributed by atoms with E-state index in [-0.39, 0.29) is 5.92 Å². The van der Waals surface area contributed by atoms with E-state index in [0.29, 0.717) is 6.61 Å². The van der Waals surface area contributed by atoms with Crippen molar-refractivity contribution in [2.75, 3.05) is 6.61 Å². The predicted molar refractivity (Wildman–Crippen MR) is 28.4 cm³/mol. The molecule has 48 valence electrons. The van der Waals surface area contributed by atoms with E-state index in [1.165, 1.54) is 0 Å². The second kappa shape index (κ2) is 3.96. The van der Waals surface area contributed by atoms with Gasteiger partial charge in [-0.25, -0.2) is 0 Å². The molecule has 4 heteroatoms. The molecular weight excluding hydrogens is 127 g/mol. The Morgan fingerprint density at radius 1 is 1.75 bits per heavy atom. The molecule has 0 heterocycles. The lowest BCUT2D eigenvalue weighted by atomic mass is 10.2. The van der Waals surface area contributed by atoms with Crippen LogP contribution in [0.25, 0.3) is 0 Å². The molecule has 3 nitrogen and oxygen atoms in total. The summed E-state index contributed by atoms with van der Waals surface area (Å²) in [6.45, 7) is 4.07. The smallest absolute Gasteiger partial charge is 0.488 e. The van der Waals surface area contributed by atoms with Crippen LogP contribution in [0.15, 0.2) is 0 Å². The Kier molecular flexibility index (Phi) is 3.97. The fourth-order valence-corrected chi connectivity index (χ4v) is 0.630. The van der Waals surface area contributed by atoms with Gasteiger partial charge in [0, 0.05) is 0 Å². The maximum absolute atomic E-state index is 9.72. The van der Waals surface area contributed by atoms with E-state index < -0.39 is 8.25 Å². The standard InChI is InChI=1S/C4H9O3P/c1-4(2)3-7-8(5)6/h4H,3H2,1-2H3. The van der Waals surface area contributed by atoms with E-state index in [1.807, 2.05) is 13.8 Å². The Labute approximate surface area is 49.6 Å². The summed E-state index contributed by atoms with van der Waals surface area (Å²) in [7, 11) is -2.63. The summed E-state index contributed by atoms with van der Waals surface area (Å²) in [5, 5.41) is 0. The van der Waals surface area contributed by atoms with E-state index in [2.05, 4.69) is 4.52 Å². The number of rotatable bonds is 3. The first-order valence-corrected chi connectivity index (χ1v) is 3.49. The normalized spacial score (nSPS) is 12.2. The SMILES string of the molecule is CC(C)CO[P+](=O)[O-]. The number of hydrogen-bond donors (Lipinski definition) is 0. The Balaban J connectivity index is 3.05. The molecule has 0 radical (unpaired) electrons. The molecule has 0 rings (SSSR count). The second-order valence-electron chi connectivity index (χ2n) is 1.91. The molecule has 0 aliphatic heterocycles. The van der Waals surface area contributed by atoms with Gasteiger partial charge in [0.1, 0.15) is 6.61 Å². The zero-order chi connectivity index (χ0) is 6.57. The van der Waals surface area contributed by atoms with Crippen LogP contribution in [0.3, 0.4) is 0 Å².